The summed E-state index contributed by atoms with van der Waals surface area (Å²) in [5, 5.41) is 7.88. The van der Waals surface area contributed by atoms with Crippen molar-refractivity contribution in [2.45, 2.75) is 45.4 Å². The van der Waals surface area contributed by atoms with Gasteiger partial charge in [0.05, 0.1) is 19.3 Å². The van der Waals surface area contributed by atoms with E-state index in [1.807, 2.05) is 11.5 Å². The average molecular weight is 296 g/mol. The minimum absolute atomic E-state index is 0.0588. The van der Waals surface area contributed by atoms with Gasteiger partial charge in [-0.15, -0.1) is 10.2 Å². The summed E-state index contributed by atoms with van der Waals surface area (Å²) in [7, 11) is 1.75. The first-order valence-electron chi connectivity index (χ1n) is 7.50. The van der Waals surface area contributed by atoms with Gasteiger partial charge in [-0.3, -0.25) is 4.79 Å². The van der Waals surface area contributed by atoms with Crippen molar-refractivity contribution in [2.75, 3.05) is 26.9 Å². The molecule has 0 spiro atoms. The first-order valence-corrected chi connectivity index (χ1v) is 7.50. The Bertz CT molecular complexity index is 443. The summed E-state index contributed by atoms with van der Waals surface area (Å²) in [5.74, 6) is 0.723. The van der Waals surface area contributed by atoms with Crippen LogP contribution in [-0.2, 0) is 27.4 Å². The minimum atomic E-state index is -0.0588. The molecule has 0 bridgehead atoms. The van der Waals surface area contributed by atoms with Gasteiger partial charge in [0.25, 0.3) is 0 Å². The van der Waals surface area contributed by atoms with Gasteiger partial charge in [-0.2, -0.15) is 0 Å². The standard InChI is InChI=1S/C14H24N4O3/c1-3-18-11-15-16-13(18)8-17(2)14(19)10-20-9-12-6-4-5-7-21-12/h11-12H,3-10H2,1-2H3/t12-/m0/s1. The van der Waals surface area contributed by atoms with Gasteiger partial charge < -0.3 is 18.9 Å². The van der Waals surface area contributed by atoms with Crippen LogP contribution in [0.4, 0.5) is 0 Å². The second-order valence-corrected chi connectivity index (χ2v) is 5.29. The van der Waals surface area contributed by atoms with Gasteiger partial charge in [0.15, 0.2) is 5.82 Å². The van der Waals surface area contributed by atoms with E-state index in [0.29, 0.717) is 13.2 Å². The molecule has 118 valence electrons. The second kappa shape index (κ2) is 8.09. The van der Waals surface area contributed by atoms with E-state index in [9.17, 15) is 4.79 Å². The zero-order chi connectivity index (χ0) is 15.1. The molecule has 1 atom stereocenters. The van der Waals surface area contributed by atoms with Gasteiger partial charge in [-0.25, -0.2) is 0 Å². The van der Waals surface area contributed by atoms with Crippen LogP contribution in [0.15, 0.2) is 6.33 Å². The molecule has 1 amide bonds. The molecule has 1 aromatic rings. The summed E-state index contributed by atoms with van der Waals surface area (Å²) in [5.41, 5.74) is 0. The molecule has 2 heterocycles. The number of rotatable bonds is 7. The molecule has 1 aliphatic rings. The van der Waals surface area contributed by atoms with Gasteiger partial charge in [-0.05, 0) is 26.2 Å². The van der Waals surface area contributed by atoms with E-state index in [0.717, 1.165) is 31.8 Å². The quantitative estimate of drug-likeness (QED) is 0.746. The van der Waals surface area contributed by atoms with Crippen LogP contribution >= 0.6 is 0 Å². The van der Waals surface area contributed by atoms with Crippen LogP contribution in [0.25, 0.3) is 0 Å². The van der Waals surface area contributed by atoms with Gasteiger partial charge in [-0.1, -0.05) is 0 Å². The predicted octanol–water partition coefficient (Wildman–Crippen LogP) is 0.842. The Morgan fingerprint density at radius 1 is 1.57 bits per heavy atom. The van der Waals surface area contributed by atoms with E-state index >= 15 is 0 Å². The van der Waals surface area contributed by atoms with Crippen molar-refractivity contribution < 1.29 is 14.3 Å². The van der Waals surface area contributed by atoms with Gasteiger partial charge in [0.1, 0.15) is 12.9 Å². The van der Waals surface area contributed by atoms with Crippen molar-refractivity contribution in [3.8, 4) is 0 Å². The monoisotopic (exact) mass is 296 g/mol. The lowest BCUT2D eigenvalue weighted by Gasteiger charge is -2.23. The maximum Gasteiger partial charge on any atom is 0.248 e. The average Bonchev–Trinajstić information content (AvgIpc) is 2.95. The lowest BCUT2D eigenvalue weighted by Crippen LogP contribution is -2.33. The van der Waals surface area contributed by atoms with Crippen molar-refractivity contribution in [3.05, 3.63) is 12.2 Å². The molecule has 21 heavy (non-hydrogen) atoms. The number of amides is 1. The molecule has 7 heteroatoms. The van der Waals surface area contributed by atoms with Crippen molar-refractivity contribution in [3.63, 3.8) is 0 Å². The molecule has 0 saturated carbocycles. The highest BCUT2D eigenvalue weighted by Gasteiger charge is 2.16. The van der Waals surface area contributed by atoms with Crippen LogP contribution in [0.1, 0.15) is 32.0 Å². The predicted molar refractivity (Wildman–Crippen MR) is 76.6 cm³/mol. The minimum Gasteiger partial charge on any atom is -0.376 e. The SMILES string of the molecule is CCn1cnnc1CN(C)C(=O)COC[C@@H]1CCCCO1. The summed E-state index contributed by atoms with van der Waals surface area (Å²) < 4.78 is 13.0. The molecule has 0 unspecified atom stereocenters. The van der Waals surface area contributed by atoms with Crippen LogP contribution < -0.4 is 0 Å². The molecule has 1 saturated heterocycles. The van der Waals surface area contributed by atoms with Crippen molar-refractivity contribution in [1.82, 2.24) is 19.7 Å². The lowest BCUT2D eigenvalue weighted by molar-refractivity contribution is -0.137. The maximum absolute atomic E-state index is 12.0. The summed E-state index contributed by atoms with van der Waals surface area (Å²) in [6, 6.07) is 0. The summed E-state index contributed by atoms with van der Waals surface area (Å²) in [6.45, 7) is 4.62. The third kappa shape index (κ3) is 4.78. The fraction of sp³-hybridized carbons (Fsp3) is 0.786. The molecule has 1 aliphatic heterocycles. The number of hydrogen-bond acceptors (Lipinski definition) is 5. The molecule has 0 aromatic carbocycles. The highest BCUT2D eigenvalue weighted by molar-refractivity contribution is 5.77. The Morgan fingerprint density at radius 3 is 3.14 bits per heavy atom. The summed E-state index contributed by atoms with van der Waals surface area (Å²) >= 11 is 0. The van der Waals surface area contributed by atoms with Gasteiger partial charge in [0.2, 0.25) is 5.91 Å². The zero-order valence-corrected chi connectivity index (χ0v) is 12.8. The van der Waals surface area contributed by atoms with E-state index < -0.39 is 0 Å². The van der Waals surface area contributed by atoms with Crippen LogP contribution in [0.2, 0.25) is 0 Å². The van der Waals surface area contributed by atoms with Gasteiger partial charge >= 0.3 is 0 Å². The molecule has 2 rings (SSSR count). The number of carbonyl (C=O) groups is 1. The number of hydrogen-bond donors (Lipinski definition) is 0. The number of carbonyl (C=O) groups excluding carboxylic acids is 1. The normalized spacial score (nSPS) is 18.7. The van der Waals surface area contributed by atoms with Crippen LogP contribution in [-0.4, -0.2) is 58.5 Å². The highest BCUT2D eigenvalue weighted by atomic mass is 16.5. The molecular formula is C14H24N4O3. The van der Waals surface area contributed by atoms with E-state index in [1.54, 1.807) is 18.3 Å². The zero-order valence-electron chi connectivity index (χ0n) is 12.8. The molecule has 1 fully saturated rings. The fourth-order valence-corrected chi connectivity index (χ4v) is 2.29. The second-order valence-electron chi connectivity index (χ2n) is 5.29. The van der Waals surface area contributed by atoms with E-state index in [-0.39, 0.29) is 18.6 Å². The van der Waals surface area contributed by atoms with E-state index in [1.165, 1.54) is 6.42 Å². The Kier molecular flexibility index (Phi) is 6.13. The number of aromatic nitrogens is 3. The lowest BCUT2D eigenvalue weighted by atomic mass is 10.1. The molecule has 0 N–H and O–H groups in total. The van der Waals surface area contributed by atoms with Crippen LogP contribution in [0.3, 0.4) is 0 Å². The van der Waals surface area contributed by atoms with E-state index in [2.05, 4.69) is 10.2 Å². The smallest absolute Gasteiger partial charge is 0.248 e. The Hall–Kier alpha value is -1.47. The van der Waals surface area contributed by atoms with Crippen molar-refractivity contribution >= 4 is 5.91 Å². The van der Waals surface area contributed by atoms with E-state index in [4.69, 9.17) is 9.47 Å². The fourth-order valence-electron chi connectivity index (χ4n) is 2.29. The molecular weight excluding hydrogens is 272 g/mol. The number of aryl methyl sites for hydroxylation is 1. The van der Waals surface area contributed by atoms with Crippen LogP contribution in [0, 0.1) is 0 Å². The molecule has 7 nitrogen and oxygen atoms in total. The first kappa shape index (κ1) is 15.9. The van der Waals surface area contributed by atoms with Crippen molar-refractivity contribution in [1.29, 1.82) is 0 Å². The topological polar surface area (TPSA) is 69.5 Å². The number of ether oxygens (including phenoxy) is 2. The molecule has 0 radical (unpaired) electrons. The van der Waals surface area contributed by atoms with Crippen LogP contribution in [0.5, 0.6) is 0 Å². The largest absolute Gasteiger partial charge is 0.376 e. The summed E-state index contributed by atoms with van der Waals surface area (Å²) in [4.78, 5) is 13.6. The third-order valence-electron chi connectivity index (χ3n) is 3.64. The molecule has 1 aromatic heterocycles. The summed E-state index contributed by atoms with van der Waals surface area (Å²) in [6.07, 6.45) is 5.12. The Labute approximate surface area is 125 Å². The third-order valence-corrected chi connectivity index (χ3v) is 3.64. The maximum atomic E-state index is 12.0. The Balaban J connectivity index is 1.69. The van der Waals surface area contributed by atoms with Gasteiger partial charge in [0, 0.05) is 20.2 Å². The highest BCUT2D eigenvalue weighted by Crippen LogP contribution is 2.12. The van der Waals surface area contributed by atoms with Crippen molar-refractivity contribution in [2.24, 2.45) is 0 Å². The number of nitrogens with zero attached hydrogens (tertiary/aromatic N) is 4. The number of likely N-dealkylation sites (N-methyl/N-ethyl adjacent to an activating group) is 1. The molecule has 0 aliphatic carbocycles. The first-order chi connectivity index (χ1) is 10.2. The Morgan fingerprint density at radius 2 is 2.43 bits per heavy atom.